The zero-order chi connectivity index (χ0) is 16.6. The number of rotatable bonds is 6. The van der Waals surface area contributed by atoms with Crippen molar-refractivity contribution in [2.75, 3.05) is 19.8 Å². The van der Waals surface area contributed by atoms with Gasteiger partial charge in [0.1, 0.15) is 6.10 Å². The van der Waals surface area contributed by atoms with E-state index in [4.69, 9.17) is 9.47 Å². The van der Waals surface area contributed by atoms with Crippen LogP contribution in [0.2, 0.25) is 0 Å². The molecule has 0 radical (unpaired) electrons. The molecule has 2 nitrogen and oxygen atoms in total. The van der Waals surface area contributed by atoms with Crippen LogP contribution in [0.4, 0.5) is 0 Å². The maximum atomic E-state index is 5.88. The number of epoxide rings is 1. The van der Waals surface area contributed by atoms with Gasteiger partial charge in [0, 0.05) is 6.61 Å². The lowest BCUT2D eigenvalue weighted by atomic mass is 9.50. The Kier molecular flexibility index (Phi) is 4.47. The molecule has 4 rings (SSSR count). The molecule has 1 heterocycles. The van der Waals surface area contributed by atoms with E-state index in [1.165, 1.54) is 38.5 Å². The second kappa shape index (κ2) is 6.46. The van der Waals surface area contributed by atoms with Crippen LogP contribution in [0.15, 0.2) is 30.3 Å². The van der Waals surface area contributed by atoms with E-state index in [0.29, 0.717) is 16.9 Å². The molecule has 1 aromatic carbocycles. The van der Waals surface area contributed by atoms with Gasteiger partial charge < -0.3 is 9.47 Å². The Labute approximate surface area is 146 Å². The molecular formula is C22H32O2. The fourth-order valence-electron chi connectivity index (χ4n) is 5.94. The first-order valence-corrected chi connectivity index (χ1v) is 9.82. The lowest BCUT2D eigenvalue weighted by Crippen LogP contribution is -2.47. The smallest absolute Gasteiger partial charge is 0.104 e. The maximum absolute atomic E-state index is 5.88. The van der Waals surface area contributed by atoms with Crippen molar-refractivity contribution in [3.63, 3.8) is 0 Å². The van der Waals surface area contributed by atoms with Crippen LogP contribution < -0.4 is 0 Å². The third-order valence-corrected chi connectivity index (χ3v) is 6.64. The Hall–Kier alpha value is -0.860. The van der Waals surface area contributed by atoms with E-state index < -0.39 is 0 Å². The molecule has 0 N–H and O–H groups in total. The Morgan fingerprint density at radius 1 is 1.17 bits per heavy atom. The second-order valence-corrected chi connectivity index (χ2v) is 9.23. The summed E-state index contributed by atoms with van der Waals surface area (Å²) in [6.45, 7) is 7.56. The van der Waals surface area contributed by atoms with Crippen molar-refractivity contribution < 1.29 is 9.47 Å². The lowest BCUT2D eigenvalue weighted by molar-refractivity contribution is -0.00420. The summed E-state index contributed by atoms with van der Waals surface area (Å²) < 4.78 is 11.1. The average Bonchev–Trinajstić information content (AvgIpc) is 3.35. The van der Waals surface area contributed by atoms with Gasteiger partial charge in [-0.2, -0.15) is 0 Å². The SMILES string of the molecule is CC1CC2CC(C)(CCOCC3CO3)CC(c3ccccc3)(C1)C2. The highest BCUT2D eigenvalue weighted by Crippen LogP contribution is 2.58. The van der Waals surface area contributed by atoms with Gasteiger partial charge in [0.2, 0.25) is 0 Å². The Balaban J connectivity index is 1.49. The molecule has 0 spiro atoms. The summed E-state index contributed by atoms with van der Waals surface area (Å²) in [6.07, 6.45) is 8.47. The minimum Gasteiger partial charge on any atom is -0.379 e. The van der Waals surface area contributed by atoms with E-state index in [-0.39, 0.29) is 0 Å². The second-order valence-electron chi connectivity index (χ2n) is 9.23. The molecule has 0 amide bonds. The molecule has 2 aliphatic carbocycles. The molecule has 1 aromatic rings. The fraction of sp³-hybridized carbons (Fsp3) is 0.727. The molecule has 0 aromatic heterocycles. The average molecular weight is 328 g/mol. The first kappa shape index (κ1) is 16.6. The zero-order valence-corrected chi connectivity index (χ0v) is 15.3. The fourth-order valence-corrected chi connectivity index (χ4v) is 5.94. The van der Waals surface area contributed by atoms with Gasteiger partial charge >= 0.3 is 0 Å². The predicted octanol–water partition coefficient (Wildman–Crippen LogP) is 4.97. The van der Waals surface area contributed by atoms with Crippen molar-refractivity contribution in [1.82, 2.24) is 0 Å². The van der Waals surface area contributed by atoms with Crippen LogP contribution in [-0.2, 0) is 14.9 Å². The van der Waals surface area contributed by atoms with Crippen molar-refractivity contribution in [1.29, 1.82) is 0 Å². The van der Waals surface area contributed by atoms with Crippen LogP contribution in [0.3, 0.4) is 0 Å². The number of fused-ring (bicyclic) bond motifs is 2. The molecule has 3 aliphatic rings. The molecule has 132 valence electrons. The van der Waals surface area contributed by atoms with E-state index in [1.54, 1.807) is 5.56 Å². The van der Waals surface area contributed by atoms with Crippen molar-refractivity contribution >= 4 is 0 Å². The normalized spacial score (nSPS) is 41.2. The van der Waals surface area contributed by atoms with E-state index in [2.05, 4.69) is 44.2 Å². The summed E-state index contributed by atoms with van der Waals surface area (Å²) in [5.74, 6) is 1.75. The minimum absolute atomic E-state index is 0.389. The number of hydrogen-bond donors (Lipinski definition) is 0. The van der Waals surface area contributed by atoms with E-state index >= 15 is 0 Å². The Morgan fingerprint density at radius 3 is 2.71 bits per heavy atom. The van der Waals surface area contributed by atoms with Crippen LogP contribution in [0.1, 0.15) is 57.9 Å². The van der Waals surface area contributed by atoms with Gasteiger partial charge in [0.05, 0.1) is 13.2 Å². The van der Waals surface area contributed by atoms with Gasteiger partial charge in [-0.25, -0.2) is 0 Å². The minimum atomic E-state index is 0.389. The van der Waals surface area contributed by atoms with E-state index in [0.717, 1.165) is 31.7 Å². The summed E-state index contributed by atoms with van der Waals surface area (Å²) in [5, 5.41) is 0. The summed E-state index contributed by atoms with van der Waals surface area (Å²) in [7, 11) is 0. The van der Waals surface area contributed by atoms with Crippen LogP contribution >= 0.6 is 0 Å². The highest BCUT2D eigenvalue weighted by atomic mass is 16.6. The van der Waals surface area contributed by atoms with Gasteiger partial charge in [0.15, 0.2) is 0 Å². The van der Waals surface area contributed by atoms with Gasteiger partial charge in [-0.15, -0.1) is 0 Å². The molecule has 1 aliphatic heterocycles. The standard InChI is InChI=1S/C22H32O2/c1-17-10-18-12-21(2,8-9-23-14-20-15-24-20)16-22(11-17,13-18)19-6-4-3-5-7-19/h3-7,17-18,20H,8-16H2,1-2H3. The lowest BCUT2D eigenvalue weighted by Gasteiger charge is -2.55. The molecule has 3 fully saturated rings. The molecule has 1 saturated heterocycles. The maximum Gasteiger partial charge on any atom is 0.104 e. The summed E-state index contributed by atoms with van der Waals surface area (Å²) in [4.78, 5) is 0. The van der Waals surface area contributed by atoms with Crippen molar-refractivity contribution in [2.24, 2.45) is 17.3 Å². The first-order valence-electron chi connectivity index (χ1n) is 9.82. The van der Waals surface area contributed by atoms with Gasteiger partial charge in [-0.05, 0) is 66.8 Å². The largest absolute Gasteiger partial charge is 0.379 e. The Morgan fingerprint density at radius 2 is 1.96 bits per heavy atom. The number of hydrogen-bond acceptors (Lipinski definition) is 2. The predicted molar refractivity (Wildman–Crippen MR) is 97.1 cm³/mol. The number of ether oxygens (including phenoxy) is 2. The molecule has 5 atom stereocenters. The topological polar surface area (TPSA) is 21.8 Å². The van der Waals surface area contributed by atoms with Crippen LogP contribution in [-0.4, -0.2) is 25.9 Å². The summed E-state index contributed by atoms with van der Waals surface area (Å²) in [6, 6.07) is 11.4. The highest BCUT2D eigenvalue weighted by molar-refractivity contribution is 5.28. The summed E-state index contributed by atoms with van der Waals surface area (Å²) >= 11 is 0. The van der Waals surface area contributed by atoms with Crippen LogP contribution in [0, 0.1) is 17.3 Å². The number of benzene rings is 1. The van der Waals surface area contributed by atoms with Crippen molar-refractivity contribution in [3.8, 4) is 0 Å². The van der Waals surface area contributed by atoms with Gasteiger partial charge in [0.25, 0.3) is 0 Å². The van der Waals surface area contributed by atoms with Crippen molar-refractivity contribution in [3.05, 3.63) is 35.9 Å². The monoisotopic (exact) mass is 328 g/mol. The summed E-state index contributed by atoms with van der Waals surface area (Å²) in [5.41, 5.74) is 2.40. The molecule has 24 heavy (non-hydrogen) atoms. The third-order valence-electron chi connectivity index (χ3n) is 6.64. The van der Waals surface area contributed by atoms with Crippen molar-refractivity contribution in [2.45, 2.75) is 63.9 Å². The third kappa shape index (κ3) is 3.55. The molecule has 2 heteroatoms. The molecular weight excluding hydrogens is 296 g/mol. The molecule has 2 bridgehead atoms. The van der Waals surface area contributed by atoms with E-state index in [1.807, 2.05) is 0 Å². The Bertz CT molecular complexity index is 548. The molecule has 2 saturated carbocycles. The van der Waals surface area contributed by atoms with Crippen LogP contribution in [0.5, 0.6) is 0 Å². The molecule has 5 unspecified atom stereocenters. The quantitative estimate of drug-likeness (QED) is 0.543. The highest BCUT2D eigenvalue weighted by Gasteiger charge is 2.50. The van der Waals surface area contributed by atoms with Crippen LogP contribution in [0.25, 0.3) is 0 Å². The van der Waals surface area contributed by atoms with Gasteiger partial charge in [-0.3, -0.25) is 0 Å². The van der Waals surface area contributed by atoms with E-state index in [9.17, 15) is 0 Å². The first-order chi connectivity index (χ1) is 11.6. The van der Waals surface area contributed by atoms with Gasteiger partial charge in [-0.1, -0.05) is 44.2 Å². The zero-order valence-electron chi connectivity index (χ0n) is 15.3.